The van der Waals surface area contributed by atoms with Crippen molar-refractivity contribution in [2.75, 3.05) is 36.0 Å². The van der Waals surface area contributed by atoms with Crippen LogP contribution in [0.1, 0.15) is 78.4 Å². The highest BCUT2D eigenvalue weighted by Crippen LogP contribution is 2.59. The second kappa shape index (κ2) is 17.8. The highest BCUT2D eigenvalue weighted by atomic mass is 16.6. The minimum Gasteiger partial charge on any atom is -0.455 e. The molecule has 11 nitrogen and oxygen atoms in total. The molecule has 3 aliphatic rings. The first kappa shape index (κ1) is 40.7. The molecule has 1 spiro atoms. The zero-order valence-corrected chi connectivity index (χ0v) is 32.5. The summed E-state index contributed by atoms with van der Waals surface area (Å²) in [6.07, 6.45) is 4.09. The molecule has 3 amide bonds. The van der Waals surface area contributed by atoms with E-state index in [1.54, 1.807) is 24.0 Å². The molecule has 2 N–H and O–H groups in total. The van der Waals surface area contributed by atoms with Crippen molar-refractivity contribution in [3.63, 3.8) is 0 Å². The van der Waals surface area contributed by atoms with E-state index in [-0.39, 0.29) is 37.3 Å². The topological polar surface area (TPSA) is 129 Å². The first-order valence-electron chi connectivity index (χ1n) is 19.5. The Labute approximate surface area is 320 Å². The van der Waals surface area contributed by atoms with E-state index >= 15 is 4.79 Å². The van der Waals surface area contributed by atoms with Crippen molar-refractivity contribution >= 4 is 35.1 Å². The number of amides is 3. The molecule has 292 valence electrons. The number of rotatable bonds is 19. The number of aliphatic hydroxyl groups excluding tert-OH is 1. The highest BCUT2D eigenvalue weighted by molar-refractivity contribution is 6.05. The fourth-order valence-corrected chi connectivity index (χ4v) is 8.78. The Balaban J connectivity index is 1.52. The molecule has 0 saturated carbocycles. The Morgan fingerprint density at radius 2 is 1.70 bits per heavy atom. The van der Waals surface area contributed by atoms with Crippen LogP contribution in [0.3, 0.4) is 0 Å². The summed E-state index contributed by atoms with van der Waals surface area (Å²) in [4.78, 5) is 62.7. The van der Waals surface area contributed by atoms with Crippen molar-refractivity contribution in [2.45, 2.75) is 103 Å². The fourth-order valence-electron chi connectivity index (χ4n) is 8.78. The van der Waals surface area contributed by atoms with Gasteiger partial charge in [-0.05, 0) is 75.8 Å². The van der Waals surface area contributed by atoms with Crippen LogP contribution in [0, 0.1) is 17.8 Å². The van der Waals surface area contributed by atoms with Crippen LogP contribution in [-0.2, 0) is 28.7 Å². The summed E-state index contributed by atoms with van der Waals surface area (Å²) in [7, 11) is 0. The smallest absolute Gasteiger partial charge is 0.313 e. The van der Waals surface area contributed by atoms with Gasteiger partial charge in [0.05, 0.1) is 36.6 Å². The molecule has 2 aromatic rings. The molecule has 0 unspecified atom stereocenters. The first-order chi connectivity index (χ1) is 26.0. The van der Waals surface area contributed by atoms with Crippen LogP contribution in [0.25, 0.3) is 0 Å². The number of nitrogens with one attached hydrogen (secondary N) is 1. The molecule has 2 bridgehead atoms. The predicted molar refractivity (Wildman–Crippen MR) is 210 cm³/mol. The summed E-state index contributed by atoms with van der Waals surface area (Å²) in [5.41, 5.74) is 1.06. The Morgan fingerprint density at radius 3 is 2.30 bits per heavy atom. The number of carbonyl (C=O) groups excluding carboxylic acids is 4. The normalized spacial score (nSPS) is 24.9. The maximum atomic E-state index is 15.1. The summed E-state index contributed by atoms with van der Waals surface area (Å²) in [6.45, 7) is 19.0. The van der Waals surface area contributed by atoms with Crippen LogP contribution in [0.2, 0.25) is 0 Å². The third kappa shape index (κ3) is 7.71. The van der Waals surface area contributed by atoms with Crippen LogP contribution in [0.4, 0.5) is 11.4 Å². The lowest BCUT2D eigenvalue weighted by molar-refractivity contribution is -0.162. The van der Waals surface area contributed by atoms with Crippen LogP contribution < -0.4 is 15.1 Å². The number of allylic oxidation sites excluding steroid dienone is 1. The minimum absolute atomic E-state index is 0.152. The zero-order valence-electron chi connectivity index (χ0n) is 32.5. The Morgan fingerprint density at radius 1 is 1.04 bits per heavy atom. The molecule has 9 atom stereocenters. The van der Waals surface area contributed by atoms with E-state index in [4.69, 9.17) is 9.47 Å². The largest absolute Gasteiger partial charge is 0.455 e. The molecule has 0 aliphatic carbocycles. The molecule has 0 aromatic heterocycles. The van der Waals surface area contributed by atoms with E-state index in [2.05, 4.69) is 37.2 Å². The van der Waals surface area contributed by atoms with Gasteiger partial charge in [-0.15, -0.1) is 13.2 Å². The van der Waals surface area contributed by atoms with Crippen LogP contribution in [-0.4, -0.2) is 89.8 Å². The molecule has 0 radical (unpaired) electrons. The quantitative estimate of drug-likeness (QED) is 0.141. The number of nitrogens with zero attached hydrogens (tertiary/aromatic N) is 3. The van der Waals surface area contributed by atoms with E-state index in [1.165, 1.54) is 4.90 Å². The molecule has 11 heteroatoms. The van der Waals surface area contributed by atoms with Crippen molar-refractivity contribution in [3.05, 3.63) is 85.5 Å². The molecule has 5 rings (SSSR count). The maximum Gasteiger partial charge on any atom is 0.313 e. The third-order valence-corrected chi connectivity index (χ3v) is 11.7. The second-order valence-corrected chi connectivity index (χ2v) is 14.8. The molecule has 3 aliphatic heterocycles. The van der Waals surface area contributed by atoms with Gasteiger partial charge in [0.1, 0.15) is 17.7 Å². The van der Waals surface area contributed by atoms with Gasteiger partial charge in [0.15, 0.2) is 0 Å². The van der Waals surface area contributed by atoms with Crippen molar-refractivity contribution in [2.24, 2.45) is 17.8 Å². The number of benzene rings is 2. The number of likely N-dealkylation sites (tertiary alicyclic amines) is 1. The number of ether oxygens (including phenoxy) is 2. The standard InChI is InChI=1S/C43H58N4O7/c1-8-13-19-35(49)44-29(7)38(30-17-15-14-16-18-30)53-42(52)36-34-24-25-43(54-34)37(36)40(50)47(33(27-48)28(6)10-3)39(43)41(51)46(26-9-2)32-22-20-31(21-23-32)45(11-4)12-5/h8-9,14-18,20-23,28-29,33-34,36-39,48H,1-2,10-13,19,24-27H2,3-7H3,(H,44,49)/t28-,29+,33-,34+,36-,37-,38+,39+,43-/m0/s1. The molecule has 3 fully saturated rings. The Bertz CT molecular complexity index is 1650. The van der Waals surface area contributed by atoms with Gasteiger partial charge in [0.2, 0.25) is 11.8 Å². The number of aliphatic hydroxyl groups is 1. The van der Waals surface area contributed by atoms with Gasteiger partial charge >= 0.3 is 5.97 Å². The molecule has 3 heterocycles. The Hall–Kier alpha value is -4.48. The van der Waals surface area contributed by atoms with Crippen LogP contribution >= 0.6 is 0 Å². The zero-order chi connectivity index (χ0) is 39.2. The SMILES string of the molecule is C=CCCC(=O)N[C@H](C)[C@@H](OC(=O)[C@@H]1[C@H]2C(=O)N([C@@H](CO)[C@@H](C)CC)[C@H](C(=O)N(CC=C)c3ccc(N(CC)CC)cc3)[C@]23CC[C@H]1O3)c1ccccc1. The highest BCUT2D eigenvalue weighted by Gasteiger charge is 2.76. The minimum atomic E-state index is -1.31. The van der Waals surface area contributed by atoms with Gasteiger partial charge < -0.3 is 34.6 Å². The van der Waals surface area contributed by atoms with E-state index < -0.39 is 59.6 Å². The second-order valence-electron chi connectivity index (χ2n) is 14.8. The number of fused-ring (bicyclic) bond motifs is 1. The van der Waals surface area contributed by atoms with Gasteiger partial charge in [-0.25, -0.2) is 0 Å². The average molecular weight is 743 g/mol. The summed E-state index contributed by atoms with van der Waals surface area (Å²) in [6, 6.07) is 14.6. The van der Waals surface area contributed by atoms with E-state index in [1.807, 2.05) is 68.4 Å². The fraction of sp³-hybridized carbons (Fsp3) is 0.535. The van der Waals surface area contributed by atoms with Crippen molar-refractivity contribution in [1.82, 2.24) is 10.2 Å². The summed E-state index contributed by atoms with van der Waals surface area (Å²) in [5.74, 6) is -3.70. The number of hydrogen-bond donors (Lipinski definition) is 2. The predicted octanol–water partition coefficient (Wildman–Crippen LogP) is 5.59. The summed E-state index contributed by atoms with van der Waals surface area (Å²) < 4.78 is 13.1. The number of esters is 1. The van der Waals surface area contributed by atoms with Crippen molar-refractivity contribution in [1.29, 1.82) is 0 Å². The number of carbonyl (C=O) groups is 4. The molecular weight excluding hydrogens is 684 g/mol. The molecular formula is C43H58N4O7. The molecule has 3 saturated heterocycles. The molecule has 54 heavy (non-hydrogen) atoms. The van der Waals surface area contributed by atoms with Gasteiger partial charge in [-0.1, -0.05) is 62.8 Å². The van der Waals surface area contributed by atoms with Gasteiger partial charge in [-0.2, -0.15) is 0 Å². The van der Waals surface area contributed by atoms with Crippen molar-refractivity contribution in [3.8, 4) is 0 Å². The van der Waals surface area contributed by atoms with Gasteiger partial charge in [-0.3, -0.25) is 19.2 Å². The monoisotopic (exact) mass is 742 g/mol. The Kier molecular flexibility index (Phi) is 13.4. The third-order valence-electron chi connectivity index (χ3n) is 11.7. The average Bonchev–Trinajstić information content (AvgIpc) is 3.83. The van der Waals surface area contributed by atoms with Gasteiger partial charge in [0.25, 0.3) is 5.91 Å². The van der Waals surface area contributed by atoms with E-state index in [0.717, 1.165) is 18.8 Å². The summed E-state index contributed by atoms with van der Waals surface area (Å²) in [5, 5.41) is 13.8. The van der Waals surface area contributed by atoms with Crippen molar-refractivity contribution < 1.29 is 33.8 Å². The van der Waals surface area contributed by atoms with E-state index in [9.17, 15) is 19.5 Å². The molecule has 2 aromatic carbocycles. The first-order valence-corrected chi connectivity index (χ1v) is 19.5. The van der Waals surface area contributed by atoms with Gasteiger partial charge in [0, 0.05) is 37.4 Å². The van der Waals surface area contributed by atoms with Crippen LogP contribution in [0.15, 0.2) is 79.9 Å². The van der Waals surface area contributed by atoms with Crippen LogP contribution in [0.5, 0.6) is 0 Å². The number of hydrogen-bond acceptors (Lipinski definition) is 8. The maximum absolute atomic E-state index is 15.1. The summed E-state index contributed by atoms with van der Waals surface area (Å²) >= 11 is 0. The lowest BCUT2D eigenvalue weighted by atomic mass is 9.70. The number of anilines is 2. The lowest BCUT2D eigenvalue weighted by Crippen LogP contribution is -2.60. The van der Waals surface area contributed by atoms with E-state index in [0.29, 0.717) is 36.9 Å². The lowest BCUT2D eigenvalue weighted by Gasteiger charge is -2.41.